The summed E-state index contributed by atoms with van der Waals surface area (Å²) in [6, 6.07) is 9.11. The molecule has 1 rings (SSSR count). The predicted molar refractivity (Wildman–Crippen MR) is 42.9 cm³/mol. The monoisotopic (exact) mass is 182 g/mol. The number of benzene rings is 1. The molecule has 0 amide bonds. The molecule has 0 N–H and O–H groups in total. The van der Waals surface area contributed by atoms with Gasteiger partial charge in [-0.1, -0.05) is 18.2 Å². The molecule has 0 aliphatic rings. The van der Waals surface area contributed by atoms with Gasteiger partial charge in [0, 0.05) is 0 Å². The molecule has 0 heterocycles. The van der Waals surface area contributed by atoms with E-state index in [0.717, 1.165) is 4.90 Å². The van der Waals surface area contributed by atoms with Crippen LogP contribution in [-0.4, -0.2) is 4.55 Å². The van der Waals surface area contributed by atoms with Crippen LogP contribution in [0, 0.1) is 0 Å². The second kappa shape index (κ2) is 5.52. The van der Waals surface area contributed by atoms with Gasteiger partial charge in [0.15, 0.2) is 4.90 Å². The maximum Gasteiger partial charge on any atom is 1.00 e. The number of thiol groups is 1. The van der Waals surface area contributed by atoms with E-state index in [-0.39, 0.29) is 31.0 Å². The van der Waals surface area contributed by atoms with Crippen LogP contribution in [0.15, 0.2) is 35.2 Å². The zero-order valence-electron chi connectivity index (χ0n) is 6.65. The molecule has 4 heteroatoms. The first-order valence-corrected chi connectivity index (χ1v) is 4.67. The number of rotatable bonds is 1. The van der Waals surface area contributed by atoms with Gasteiger partial charge in [-0.25, -0.2) is 0 Å². The van der Waals surface area contributed by atoms with Crippen LogP contribution in [0.1, 0.15) is 1.43 Å². The van der Waals surface area contributed by atoms with Gasteiger partial charge in [0.25, 0.3) is 0 Å². The summed E-state index contributed by atoms with van der Waals surface area (Å²) < 4.78 is 10.6. The first-order valence-electron chi connectivity index (χ1n) is 2.46. The Morgan fingerprint density at radius 1 is 1.30 bits per heavy atom. The predicted octanol–water partition coefficient (Wildman–Crippen LogP) is -1.24. The minimum absolute atomic E-state index is 0. The van der Waals surface area contributed by atoms with E-state index >= 15 is 0 Å². The largest absolute Gasteiger partial charge is 1.00 e. The van der Waals surface area contributed by atoms with E-state index in [1.54, 1.807) is 12.1 Å². The van der Waals surface area contributed by atoms with Crippen molar-refractivity contribution in [2.75, 3.05) is 0 Å². The Kier molecular flexibility index (Phi) is 6.01. The maximum atomic E-state index is 10.6. The van der Waals surface area contributed by atoms with Crippen molar-refractivity contribution in [2.45, 2.75) is 4.90 Å². The molecule has 0 saturated carbocycles. The molecule has 10 heavy (non-hydrogen) atoms. The quantitative estimate of drug-likeness (QED) is 0.249. The van der Waals surface area contributed by atoms with E-state index in [4.69, 9.17) is 0 Å². The van der Waals surface area contributed by atoms with Crippen LogP contribution in [0.3, 0.4) is 0 Å². The summed E-state index contributed by atoms with van der Waals surface area (Å²) in [7, 11) is -1.13. The van der Waals surface area contributed by atoms with E-state index in [9.17, 15) is 4.55 Å². The first-order chi connectivity index (χ1) is 4.30. The average molecular weight is 182 g/mol. The molecule has 1 aromatic carbocycles. The summed E-state index contributed by atoms with van der Waals surface area (Å²) in [5, 5.41) is 0. The third-order valence-electron chi connectivity index (χ3n) is 0.945. The molecule has 0 fully saturated rings. The molecule has 0 aromatic heterocycles. The van der Waals surface area contributed by atoms with E-state index in [0.29, 0.717) is 0 Å². The Balaban J connectivity index is 0. The minimum atomic E-state index is -1.13. The third-order valence-corrected chi connectivity index (χ3v) is 2.25. The summed E-state index contributed by atoms with van der Waals surface area (Å²) in [5.41, 5.74) is 0. The topological polar surface area (TPSA) is 23.1 Å². The Bertz CT molecular complexity index is 183. The maximum absolute atomic E-state index is 10.6. The SMILES string of the molecule is [H-].[Na+].[O-][S+](S)c1ccccc1. The van der Waals surface area contributed by atoms with Gasteiger partial charge in [0.2, 0.25) is 0 Å². The fraction of sp³-hybridized carbons (Fsp3) is 0. The van der Waals surface area contributed by atoms with Crippen molar-refractivity contribution in [2.24, 2.45) is 0 Å². The van der Waals surface area contributed by atoms with E-state index in [1.807, 2.05) is 18.2 Å². The summed E-state index contributed by atoms with van der Waals surface area (Å²) in [5.74, 6) is 0. The molecular formula is C6H7NaOS2. The van der Waals surface area contributed by atoms with Crippen molar-refractivity contribution in [1.82, 2.24) is 0 Å². The summed E-state index contributed by atoms with van der Waals surface area (Å²) in [6.45, 7) is 0. The van der Waals surface area contributed by atoms with E-state index in [1.165, 1.54) is 0 Å². The molecule has 0 radical (unpaired) electrons. The van der Waals surface area contributed by atoms with Crippen LogP contribution < -0.4 is 29.6 Å². The van der Waals surface area contributed by atoms with Gasteiger partial charge in [-0.2, -0.15) is 0 Å². The van der Waals surface area contributed by atoms with Gasteiger partial charge in [0.1, 0.15) is 0 Å². The van der Waals surface area contributed by atoms with Gasteiger partial charge in [-0.05, 0) is 12.1 Å². The zero-order valence-corrected chi connectivity index (χ0v) is 9.36. The van der Waals surface area contributed by atoms with Crippen LogP contribution in [0.2, 0.25) is 0 Å². The van der Waals surface area contributed by atoms with Crippen molar-refractivity contribution in [1.29, 1.82) is 0 Å². The summed E-state index contributed by atoms with van der Waals surface area (Å²) in [6.07, 6.45) is 0. The van der Waals surface area contributed by atoms with E-state index < -0.39 is 10.2 Å². The molecule has 0 spiro atoms. The van der Waals surface area contributed by atoms with Crippen molar-refractivity contribution in [3.05, 3.63) is 30.3 Å². The van der Waals surface area contributed by atoms with Gasteiger partial charge in [0.05, 0.1) is 21.9 Å². The zero-order chi connectivity index (χ0) is 6.69. The fourth-order valence-corrected chi connectivity index (χ4v) is 1.29. The molecule has 1 aromatic rings. The average Bonchev–Trinajstić information content (AvgIpc) is 1.90. The molecule has 1 nitrogen and oxygen atoms in total. The van der Waals surface area contributed by atoms with Gasteiger partial charge in [-0.15, -0.1) is 0 Å². The second-order valence-electron chi connectivity index (χ2n) is 1.56. The van der Waals surface area contributed by atoms with E-state index in [2.05, 4.69) is 11.7 Å². The standard InChI is InChI=1S/C6H6OS2.Na.H/c7-9(8)6-4-2-1-3-5-6;;/h1-5H,(H,7,8);;/q;+1;-1. The Morgan fingerprint density at radius 2 is 1.80 bits per heavy atom. The molecule has 1 atom stereocenters. The fourth-order valence-electron chi connectivity index (χ4n) is 0.537. The Morgan fingerprint density at radius 3 is 2.10 bits per heavy atom. The second-order valence-corrected chi connectivity index (χ2v) is 3.53. The van der Waals surface area contributed by atoms with Gasteiger partial charge >= 0.3 is 29.6 Å². The molecule has 0 saturated heterocycles. The third kappa shape index (κ3) is 3.32. The molecule has 0 aliphatic heterocycles. The summed E-state index contributed by atoms with van der Waals surface area (Å²) in [4.78, 5) is 0.751. The number of hydrogen-bond donors (Lipinski definition) is 1. The number of hydrogen-bond acceptors (Lipinski definition) is 2. The normalized spacial score (nSPS) is 11.8. The Hall–Kier alpha value is 0.880. The van der Waals surface area contributed by atoms with Crippen molar-refractivity contribution < 1.29 is 35.5 Å². The van der Waals surface area contributed by atoms with Gasteiger partial charge in [-0.3, -0.25) is 0 Å². The van der Waals surface area contributed by atoms with Crippen LogP contribution in [0.5, 0.6) is 0 Å². The van der Waals surface area contributed by atoms with Crippen LogP contribution >= 0.6 is 11.7 Å². The molecule has 1 unspecified atom stereocenters. The van der Waals surface area contributed by atoms with Crippen molar-refractivity contribution >= 4 is 21.9 Å². The molecule has 0 bridgehead atoms. The van der Waals surface area contributed by atoms with Crippen LogP contribution in [-0.2, 0) is 10.2 Å². The minimum Gasteiger partial charge on any atom is -1.00 e. The van der Waals surface area contributed by atoms with Crippen molar-refractivity contribution in [3.8, 4) is 0 Å². The van der Waals surface area contributed by atoms with Gasteiger partial charge < -0.3 is 5.98 Å². The smallest absolute Gasteiger partial charge is 1.00 e. The molecular weight excluding hydrogens is 175 g/mol. The van der Waals surface area contributed by atoms with Crippen LogP contribution in [0.4, 0.5) is 0 Å². The van der Waals surface area contributed by atoms with Crippen LogP contribution in [0.25, 0.3) is 0 Å². The molecule has 0 aliphatic carbocycles. The summed E-state index contributed by atoms with van der Waals surface area (Å²) >= 11 is 3.76. The molecule has 50 valence electrons. The Labute approximate surface area is 92.0 Å². The first kappa shape index (κ1) is 10.9. The van der Waals surface area contributed by atoms with Crippen molar-refractivity contribution in [3.63, 3.8) is 0 Å².